The van der Waals surface area contributed by atoms with Crippen molar-refractivity contribution in [3.05, 3.63) is 0 Å². The minimum absolute atomic E-state index is 0.774. The van der Waals surface area contributed by atoms with Gasteiger partial charge in [0.2, 0.25) is 0 Å². The quantitative estimate of drug-likeness (QED) is 0.604. The van der Waals surface area contributed by atoms with Gasteiger partial charge in [0.25, 0.3) is 0 Å². The van der Waals surface area contributed by atoms with Crippen LogP contribution in [-0.2, 0) is 4.74 Å². The van der Waals surface area contributed by atoms with Gasteiger partial charge in [0.15, 0.2) is 19.0 Å². The smallest absolute Gasteiger partial charge is 0.304 e. The van der Waals surface area contributed by atoms with E-state index in [-0.39, 0.29) is 0 Å². The summed E-state index contributed by atoms with van der Waals surface area (Å²) >= 11 is 0. The van der Waals surface area contributed by atoms with Gasteiger partial charge < -0.3 is 4.74 Å². The van der Waals surface area contributed by atoms with Gasteiger partial charge in [-0.25, -0.2) is 22.0 Å². The largest absolute Gasteiger partial charge is 0.372 e. The molecule has 0 bridgehead atoms. The molecule has 0 fully saturated rings. The van der Waals surface area contributed by atoms with Crippen molar-refractivity contribution >= 4 is 0 Å². The monoisotopic (exact) mass is 192 g/mol. The van der Waals surface area contributed by atoms with E-state index in [1.165, 1.54) is 0 Å². The van der Waals surface area contributed by atoms with Crippen LogP contribution in [0.15, 0.2) is 0 Å². The Kier molecular flexibility index (Phi) is 4.44. The second kappa shape index (κ2) is 4.59. The first-order valence-electron chi connectivity index (χ1n) is 3.16. The fourth-order valence-corrected chi connectivity index (χ4v) is 0.742. The normalized spacial score (nSPS) is 17.5. The summed E-state index contributed by atoms with van der Waals surface area (Å²) in [5, 5.41) is 0. The van der Waals surface area contributed by atoms with E-state index < -0.39 is 31.5 Å². The molecule has 2 unspecified atom stereocenters. The Balaban J connectivity index is 4.32. The van der Waals surface area contributed by atoms with Gasteiger partial charge in [-0.15, -0.1) is 0 Å². The van der Waals surface area contributed by atoms with Crippen LogP contribution in [0.4, 0.5) is 22.0 Å². The average Bonchev–Trinajstić information content (AvgIpc) is 2.05. The third kappa shape index (κ3) is 2.58. The Morgan fingerprint density at radius 1 is 1.33 bits per heavy atom. The minimum Gasteiger partial charge on any atom is -0.372 e. The van der Waals surface area contributed by atoms with Crippen LogP contribution in [0.3, 0.4) is 0 Å². The standard InChI is InChI=1S/C6H9F5O/c1-12-5(4(9)2-7)6(10,11)3-8/h4-5H,2-3H2,1H3. The first-order valence-corrected chi connectivity index (χ1v) is 3.16. The molecular weight excluding hydrogens is 183 g/mol. The van der Waals surface area contributed by atoms with Gasteiger partial charge in [-0.1, -0.05) is 0 Å². The average molecular weight is 192 g/mol. The van der Waals surface area contributed by atoms with Crippen LogP contribution in [0, 0.1) is 0 Å². The molecule has 0 radical (unpaired) electrons. The van der Waals surface area contributed by atoms with Crippen LogP contribution in [-0.4, -0.2) is 38.7 Å². The van der Waals surface area contributed by atoms with Crippen LogP contribution in [0.25, 0.3) is 0 Å². The molecular formula is C6H9F5O. The first kappa shape index (κ1) is 11.6. The third-order valence-electron chi connectivity index (χ3n) is 1.32. The molecule has 0 aromatic carbocycles. The highest BCUT2D eigenvalue weighted by Gasteiger charge is 2.45. The third-order valence-corrected chi connectivity index (χ3v) is 1.32. The van der Waals surface area contributed by atoms with Crippen molar-refractivity contribution in [3.63, 3.8) is 0 Å². The molecule has 0 heterocycles. The lowest BCUT2D eigenvalue weighted by Crippen LogP contribution is -2.44. The van der Waals surface area contributed by atoms with E-state index in [2.05, 4.69) is 4.74 Å². The van der Waals surface area contributed by atoms with Crippen LogP contribution in [0.1, 0.15) is 0 Å². The van der Waals surface area contributed by atoms with Gasteiger partial charge in [-0.2, -0.15) is 0 Å². The summed E-state index contributed by atoms with van der Waals surface area (Å²) in [5.41, 5.74) is 0. The second-order valence-corrected chi connectivity index (χ2v) is 2.22. The highest BCUT2D eigenvalue weighted by atomic mass is 19.3. The zero-order valence-electron chi connectivity index (χ0n) is 6.37. The van der Waals surface area contributed by atoms with E-state index in [0.29, 0.717) is 0 Å². The SMILES string of the molecule is COC(C(F)CF)C(F)(F)CF. The highest BCUT2D eigenvalue weighted by Crippen LogP contribution is 2.25. The summed E-state index contributed by atoms with van der Waals surface area (Å²) in [5.74, 6) is -3.97. The van der Waals surface area contributed by atoms with Crippen LogP contribution in [0.5, 0.6) is 0 Å². The lowest BCUT2D eigenvalue weighted by atomic mass is 10.1. The number of hydrogen-bond donors (Lipinski definition) is 0. The van der Waals surface area contributed by atoms with E-state index >= 15 is 0 Å². The lowest BCUT2D eigenvalue weighted by Gasteiger charge is -2.24. The minimum atomic E-state index is -3.97. The van der Waals surface area contributed by atoms with E-state index in [4.69, 9.17) is 0 Å². The first-order chi connectivity index (χ1) is 5.49. The Morgan fingerprint density at radius 3 is 2.08 bits per heavy atom. The molecule has 0 aliphatic heterocycles. The van der Waals surface area contributed by atoms with E-state index in [9.17, 15) is 22.0 Å². The molecule has 0 aliphatic rings. The molecule has 0 aliphatic carbocycles. The zero-order chi connectivity index (χ0) is 9.78. The lowest BCUT2D eigenvalue weighted by molar-refractivity contribution is -0.161. The van der Waals surface area contributed by atoms with Crippen molar-refractivity contribution < 1.29 is 26.7 Å². The van der Waals surface area contributed by atoms with E-state index in [1.54, 1.807) is 0 Å². The Hall–Kier alpha value is -0.390. The molecule has 0 saturated carbocycles. The Labute approximate surface area is 66.5 Å². The molecule has 6 heteroatoms. The topological polar surface area (TPSA) is 9.23 Å². The predicted octanol–water partition coefficient (Wildman–Crippen LogP) is 1.91. The summed E-state index contributed by atoms with van der Waals surface area (Å²) in [4.78, 5) is 0. The summed E-state index contributed by atoms with van der Waals surface area (Å²) in [6.07, 6.45) is -4.85. The van der Waals surface area contributed by atoms with E-state index in [0.717, 1.165) is 7.11 Å². The number of rotatable bonds is 5. The van der Waals surface area contributed by atoms with Crippen molar-refractivity contribution in [2.75, 3.05) is 20.5 Å². The summed E-state index contributed by atoms with van der Waals surface area (Å²) in [6, 6.07) is 0. The summed E-state index contributed by atoms with van der Waals surface area (Å²) in [6.45, 7) is -3.68. The van der Waals surface area contributed by atoms with Crippen LogP contribution in [0.2, 0.25) is 0 Å². The molecule has 12 heavy (non-hydrogen) atoms. The summed E-state index contributed by atoms with van der Waals surface area (Å²) in [7, 11) is 0.774. The highest BCUT2D eigenvalue weighted by molar-refractivity contribution is 4.83. The maximum Gasteiger partial charge on any atom is 0.304 e. The maximum absolute atomic E-state index is 12.3. The van der Waals surface area contributed by atoms with E-state index in [1.807, 2.05) is 0 Å². The van der Waals surface area contributed by atoms with Crippen LogP contribution < -0.4 is 0 Å². The van der Waals surface area contributed by atoms with Gasteiger partial charge in [-0.05, 0) is 0 Å². The van der Waals surface area contributed by atoms with Gasteiger partial charge >= 0.3 is 5.92 Å². The molecule has 0 rings (SSSR count). The molecule has 74 valence electrons. The van der Waals surface area contributed by atoms with Crippen LogP contribution >= 0.6 is 0 Å². The van der Waals surface area contributed by atoms with Crippen molar-refractivity contribution in [2.45, 2.75) is 18.2 Å². The van der Waals surface area contributed by atoms with Gasteiger partial charge in [0, 0.05) is 7.11 Å². The Morgan fingerprint density at radius 2 is 1.83 bits per heavy atom. The number of hydrogen-bond acceptors (Lipinski definition) is 1. The second-order valence-electron chi connectivity index (χ2n) is 2.22. The molecule has 0 amide bonds. The predicted molar refractivity (Wildman–Crippen MR) is 32.6 cm³/mol. The van der Waals surface area contributed by atoms with Gasteiger partial charge in [0.05, 0.1) is 0 Å². The molecule has 0 saturated heterocycles. The number of methoxy groups -OCH3 is 1. The van der Waals surface area contributed by atoms with Crippen molar-refractivity contribution in [2.24, 2.45) is 0 Å². The summed E-state index contributed by atoms with van der Waals surface area (Å²) < 4.78 is 64.1. The van der Waals surface area contributed by atoms with Crippen molar-refractivity contribution in [1.29, 1.82) is 0 Å². The molecule has 1 nitrogen and oxygen atoms in total. The molecule has 0 N–H and O–H groups in total. The number of halogens is 5. The fourth-order valence-electron chi connectivity index (χ4n) is 0.742. The molecule has 0 aromatic heterocycles. The molecule has 0 aromatic rings. The molecule has 0 spiro atoms. The van der Waals surface area contributed by atoms with Gasteiger partial charge in [0.1, 0.15) is 6.67 Å². The Bertz CT molecular complexity index is 129. The van der Waals surface area contributed by atoms with Gasteiger partial charge in [-0.3, -0.25) is 0 Å². The van der Waals surface area contributed by atoms with Crippen molar-refractivity contribution in [1.82, 2.24) is 0 Å². The van der Waals surface area contributed by atoms with Crippen molar-refractivity contribution in [3.8, 4) is 0 Å². The number of alkyl halides is 5. The zero-order valence-corrected chi connectivity index (χ0v) is 6.37. The fraction of sp³-hybridized carbons (Fsp3) is 1.00. The maximum atomic E-state index is 12.3. The number of ether oxygens (including phenoxy) is 1. The molecule has 2 atom stereocenters.